The van der Waals surface area contributed by atoms with Gasteiger partial charge in [-0.15, -0.1) is 11.3 Å². The van der Waals surface area contributed by atoms with Crippen LogP contribution in [0.5, 0.6) is 0 Å². The van der Waals surface area contributed by atoms with Gasteiger partial charge in [0.1, 0.15) is 5.82 Å². The first kappa shape index (κ1) is 21.3. The molecule has 33 heavy (non-hydrogen) atoms. The van der Waals surface area contributed by atoms with Crippen LogP contribution in [0.25, 0.3) is 0 Å². The number of allylic oxidation sites excluding steroid dienone is 3. The van der Waals surface area contributed by atoms with Crippen LogP contribution >= 0.6 is 11.3 Å². The van der Waals surface area contributed by atoms with Gasteiger partial charge in [0.25, 0.3) is 5.91 Å². The molecule has 166 valence electrons. The van der Waals surface area contributed by atoms with Crippen LogP contribution in [0, 0.1) is 5.82 Å². The van der Waals surface area contributed by atoms with E-state index in [1.165, 1.54) is 17.0 Å². The first-order valence-electron chi connectivity index (χ1n) is 10.9. The molecule has 5 rings (SSSR count). The van der Waals surface area contributed by atoms with E-state index < -0.39 is 11.7 Å². The van der Waals surface area contributed by atoms with E-state index in [1.54, 1.807) is 23.5 Å². The molecule has 2 atom stereocenters. The van der Waals surface area contributed by atoms with Gasteiger partial charge in [0.15, 0.2) is 5.78 Å². The molecule has 0 bridgehead atoms. The van der Waals surface area contributed by atoms with Crippen molar-refractivity contribution in [1.82, 2.24) is 5.32 Å². The molecule has 1 aromatic heterocycles. The van der Waals surface area contributed by atoms with Gasteiger partial charge < -0.3 is 10.6 Å². The fourth-order valence-electron chi connectivity index (χ4n) is 4.80. The molecule has 1 aliphatic heterocycles. The Balaban J connectivity index is 1.58. The third-order valence-corrected chi connectivity index (χ3v) is 7.27. The van der Waals surface area contributed by atoms with Gasteiger partial charge >= 0.3 is 0 Å². The van der Waals surface area contributed by atoms with E-state index in [2.05, 4.69) is 16.7 Å². The Bertz CT molecular complexity index is 1280. The molecule has 2 N–H and O–H groups in total. The lowest BCUT2D eigenvalue weighted by molar-refractivity contribution is -0.116. The lowest BCUT2D eigenvalue weighted by atomic mass is 9.72. The average Bonchev–Trinajstić information content (AvgIpc) is 3.33. The maximum atomic E-state index is 14.2. The summed E-state index contributed by atoms with van der Waals surface area (Å²) in [6.07, 6.45) is 1.05. The zero-order chi connectivity index (χ0) is 22.9. The minimum absolute atomic E-state index is 0.00563. The van der Waals surface area contributed by atoms with Gasteiger partial charge in [0, 0.05) is 51.4 Å². The molecule has 2 aliphatic rings. The predicted octanol–water partition coefficient (Wildman–Crippen LogP) is 5.89. The number of hydrogen-bond acceptors (Lipinski definition) is 4. The highest BCUT2D eigenvalue weighted by atomic mass is 32.1. The molecule has 0 radical (unpaired) electrons. The van der Waals surface area contributed by atoms with Gasteiger partial charge in [-0.3, -0.25) is 9.59 Å². The fraction of sp³-hybridized carbons (Fsp3) is 0.185. The SMILES string of the molecule is CC1=C(C(=O)Nc2ccccc2)[C@H](c2cccc(F)c2)C2=C(C[C@@H](c3cccs3)CC2=O)N1. The number of rotatable bonds is 4. The van der Waals surface area contributed by atoms with Crippen LogP contribution in [0.2, 0.25) is 0 Å². The molecule has 2 aromatic carbocycles. The molecule has 1 aliphatic carbocycles. The normalized spacial score (nSPS) is 20.4. The summed E-state index contributed by atoms with van der Waals surface area (Å²) in [6, 6.07) is 19.4. The van der Waals surface area contributed by atoms with Gasteiger partial charge in [-0.2, -0.15) is 0 Å². The lowest BCUT2D eigenvalue weighted by Gasteiger charge is -2.36. The van der Waals surface area contributed by atoms with Crippen LogP contribution in [0.4, 0.5) is 10.1 Å². The summed E-state index contributed by atoms with van der Waals surface area (Å²) < 4.78 is 14.2. The predicted molar refractivity (Wildman–Crippen MR) is 128 cm³/mol. The highest BCUT2D eigenvalue weighted by Crippen LogP contribution is 2.46. The molecule has 2 heterocycles. The molecule has 0 fully saturated rings. The van der Waals surface area contributed by atoms with E-state index in [-0.39, 0.29) is 17.6 Å². The van der Waals surface area contributed by atoms with Crippen LogP contribution in [0.1, 0.15) is 42.0 Å². The Labute approximate surface area is 195 Å². The molecule has 1 amide bonds. The Hall–Kier alpha value is -3.51. The summed E-state index contributed by atoms with van der Waals surface area (Å²) >= 11 is 1.65. The number of amides is 1. The Morgan fingerprint density at radius 2 is 1.88 bits per heavy atom. The van der Waals surface area contributed by atoms with Crippen molar-refractivity contribution in [3.8, 4) is 0 Å². The smallest absolute Gasteiger partial charge is 0.254 e. The fourth-order valence-corrected chi connectivity index (χ4v) is 5.63. The van der Waals surface area contributed by atoms with Crippen molar-refractivity contribution < 1.29 is 14.0 Å². The van der Waals surface area contributed by atoms with Crippen molar-refractivity contribution >= 4 is 28.7 Å². The number of para-hydroxylation sites is 1. The number of hydrogen-bond donors (Lipinski definition) is 2. The van der Waals surface area contributed by atoms with E-state index >= 15 is 0 Å². The van der Waals surface area contributed by atoms with Crippen molar-refractivity contribution in [2.45, 2.75) is 31.6 Å². The van der Waals surface area contributed by atoms with E-state index in [1.807, 2.05) is 48.7 Å². The van der Waals surface area contributed by atoms with E-state index in [0.717, 1.165) is 5.70 Å². The molecular formula is C27H23FN2O2S. The molecule has 3 aromatic rings. The first-order chi connectivity index (χ1) is 16.0. The summed E-state index contributed by atoms with van der Waals surface area (Å²) in [7, 11) is 0. The molecule has 0 saturated carbocycles. The number of halogens is 1. The highest BCUT2D eigenvalue weighted by molar-refractivity contribution is 7.10. The number of anilines is 1. The van der Waals surface area contributed by atoms with Gasteiger partial charge in [0.05, 0.1) is 0 Å². The molecular weight excluding hydrogens is 435 g/mol. The van der Waals surface area contributed by atoms with Crippen LogP contribution in [0.15, 0.2) is 94.7 Å². The number of dihydropyridines is 1. The Morgan fingerprint density at radius 3 is 2.61 bits per heavy atom. The van der Waals surface area contributed by atoms with Gasteiger partial charge in [-0.25, -0.2) is 4.39 Å². The number of thiophene rings is 1. The number of carbonyl (C=O) groups excluding carboxylic acids is 2. The molecule has 6 heteroatoms. The number of Topliss-reactive ketones (excluding diaryl/α,β-unsaturated/α-hetero) is 1. The standard InChI is InChI=1S/C27H23FN2O2S/c1-16-24(27(32)30-20-9-3-2-4-10-20)25(17-7-5-8-19(28)13-17)26-21(29-16)14-18(15-22(26)31)23-11-6-12-33-23/h2-13,18,25,29H,14-15H2,1H3,(H,30,32)/t18-,25+/m1/s1. The van der Waals surface area contributed by atoms with Crippen molar-refractivity contribution in [1.29, 1.82) is 0 Å². The number of benzene rings is 2. The minimum Gasteiger partial charge on any atom is -0.362 e. The second-order valence-corrected chi connectivity index (χ2v) is 9.39. The Morgan fingerprint density at radius 1 is 1.06 bits per heavy atom. The monoisotopic (exact) mass is 458 g/mol. The minimum atomic E-state index is -0.627. The summed E-state index contributed by atoms with van der Waals surface area (Å²) in [4.78, 5) is 28.1. The van der Waals surface area contributed by atoms with Gasteiger partial charge in [0.2, 0.25) is 0 Å². The molecule has 0 unspecified atom stereocenters. The number of nitrogens with one attached hydrogen (secondary N) is 2. The summed E-state index contributed by atoms with van der Waals surface area (Å²) in [5.41, 5.74) is 3.77. The van der Waals surface area contributed by atoms with Crippen LogP contribution in [-0.4, -0.2) is 11.7 Å². The van der Waals surface area contributed by atoms with Crippen molar-refractivity contribution in [2.75, 3.05) is 5.32 Å². The van der Waals surface area contributed by atoms with Crippen molar-refractivity contribution in [3.05, 3.63) is 111 Å². The number of carbonyl (C=O) groups is 2. The highest BCUT2D eigenvalue weighted by Gasteiger charge is 2.41. The summed E-state index contributed by atoms with van der Waals surface area (Å²) in [6.45, 7) is 1.84. The summed E-state index contributed by atoms with van der Waals surface area (Å²) in [5, 5.41) is 8.31. The zero-order valence-corrected chi connectivity index (χ0v) is 18.9. The third kappa shape index (κ3) is 4.14. The third-order valence-electron chi connectivity index (χ3n) is 6.23. The maximum Gasteiger partial charge on any atom is 0.254 e. The maximum absolute atomic E-state index is 14.2. The van der Waals surface area contributed by atoms with Crippen LogP contribution in [0.3, 0.4) is 0 Å². The van der Waals surface area contributed by atoms with Crippen molar-refractivity contribution in [2.24, 2.45) is 0 Å². The zero-order valence-electron chi connectivity index (χ0n) is 18.1. The second kappa shape index (κ2) is 8.79. The lowest BCUT2D eigenvalue weighted by Crippen LogP contribution is -2.37. The van der Waals surface area contributed by atoms with E-state index in [9.17, 15) is 14.0 Å². The molecule has 0 saturated heterocycles. The number of ketones is 1. The van der Waals surface area contributed by atoms with Crippen LogP contribution in [-0.2, 0) is 9.59 Å². The van der Waals surface area contributed by atoms with Crippen molar-refractivity contribution in [3.63, 3.8) is 0 Å². The Kier molecular flexibility index (Phi) is 5.68. The van der Waals surface area contributed by atoms with Crippen LogP contribution < -0.4 is 10.6 Å². The van der Waals surface area contributed by atoms with Gasteiger partial charge in [-0.1, -0.05) is 36.4 Å². The second-order valence-electron chi connectivity index (χ2n) is 8.41. The van der Waals surface area contributed by atoms with E-state index in [4.69, 9.17) is 0 Å². The first-order valence-corrected chi connectivity index (χ1v) is 11.8. The van der Waals surface area contributed by atoms with E-state index in [0.29, 0.717) is 40.9 Å². The van der Waals surface area contributed by atoms with Gasteiger partial charge in [-0.05, 0) is 54.6 Å². The largest absolute Gasteiger partial charge is 0.362 e. The average molecular weight is 459 g/mol. The molecule has 4 nitrogen and oxygen atoms in total. The topological polar surface area (TPSA) is 58.2 Å². The quantitative estimate of drug-likeness (QED) is 0.513. The summed E-state index contributed by atoms with van der Waals surface area (Å²) in [5.74, 6) is -1.23. The molecule has 0 spiro atoms.